The molecule has 1 amide bonds. The number of carbonyl (C=O) groups is 1. The SMILES string of the molecule is CCOC(C)c1nc(CC(=O)NCc2cccnc2OCc2ccccc2)cs1. The molecule has 3 aromatic rings. The second kappa shape index (κ2) is 10.7. The molecule has 152 valence electrons. The molecule has 6 nitrogen and oxygen atoms in total. The summed E-state index contributed by atoms with van der Waals surface area (Å²) in [5.41, 5.74) is 2.65. The molecule has 1 aromatic carbocycles. The lowest BCUT2D eigenvalue weighted by atomic mass is 10.2. The van der Waals surface area contributed by atoms with E-state index in [1.165, 1.54) is 11.3 Å². The van der Waals surface area contributed by atoms with Crippen molar-refractivity contribution < 1.29 is 14.3 Å². The Morgan fingerprint density at radius 2 is 2.03 bits per heavy atom. The number of amides is 1. The number of thiazole rings is 1. The van der Waals surface area contributed by atoms with Crippen LogP contribution in [0.5, 0.6) is 5.88 Å². The molecule has 0 fully saturated rings. The molecule has 1 unspecified atom stereocenters. The van der Waals surface area contributed by atoms with Crippen molar-refractivity contribution in [1.82, 2.24) is 15.3 Å². The monoisotopic (exact) mass is 411 g/mol. The van der Waals surface area contributed by atoms with Crippen LogP contribution in [0.2, 0.25) is 0 Å². The van der Waals surface area contributed by atoms with Gasteiger partial charge in [-0.25, -0.2) is 9.97 Å². The topological polar surface area (TPSA) is 73.3 Å². The second-order valence-electron chi connectivity index (χ2n) is 6.47. The molecule has 7 heteroatoms. The Labute approximate surface area is 174 Å². The highest BCUT2D eigenvalue weighted by molar-refractivity contribution is 7.09. The molecule has 1 atom stereocenters. The summed E-state index contributed by atoms with van der Waals surface area (Å²) in [5.74, 6) is 0.432. The first-order valence-electron chi connectivity index (χ1n) is 9.59. The zero-order valence-electron chi connectivity index (χ0n) is 16.6. The molecule has 0 aliphatic rings. The summed E-state index contributed by atoms with van der Waals surface area (Å²) >= 11 is 1.51. The minimum absolute atomic E-state index is 0.0541. The third-order valence-corrected chi connectivity index (χ3v) is 5.27. The lowest BCUT2D eigenvalue weighted by molar-refractivity contribution is -0.120. The number of ether oxygens (including phenoxy) is 2. The van der Waals surface area contributed by atoms with Crippen LogP contribution in [-0.4, -0.2) is 22.5 Å². The molecule has 0 saturated carbocycles. The normalized spacial score (nSPS) is 11.8. The molecule has 2 aromatic heterocycles. The van der Waals surface area contributed by atoms with E-state index in [1.54, 1.807) is 6.20 Å². The number of nitrogens with one attached hydrogen (secondary N) is 1. The molecular weight excluding hydrogens is 386 g/mol. The van der Waals surface area contributed by atoms with Crippen LogP contribution in [0.1, 0.15) is 41.8 Å². The number of pyridine rings is 1. The number of hydrogen-bond donors (Lipinski definition) is 1. The summed E-state index contributed by atoms with van der Waals surface area (Å²) in [6.07, 6.45) is 1.86. The number of carbonyl (C=O) groups excluding carboxylic acids is 1. The summed E-state index contributed by atoms with van der Waals surface area (Å²) in [4.78, 5) is 21.1. The Bertz CT molecular complexity index is 914. The van der Waals surface area contributed by atoms with Crippen LogP contribution in [0.15, 0.2) is 54.0 Å². The van der Waals surface area contributed by atoms with Gasteiger partial charge in [0.05, 0.1) is 12.1 Å². The van der Waals surface area contributed by atoms with Gasteiger partial charge >= 0.3 is 0 Å². The molecule has 0 aliphatic carbocycles. The van der Waals surface area contributed by atoms with Gasteiger partial charge in [0.2, 0.25) is 11.8 Å². The smallest absolute Gasteiger partial charge is 0.226 e. The van der Waals surface area contributed by atoms with Gasteiger partial charge < -0.3 is 14.8 Å². The number of benzene rings is 1. The van der Waals surface area contributed by atoms with Crippen LogP contribution in [0, 0.1) is 0 Å². The fraction of sp³-hybridized carbons (Fsp3) is 0.318. The van der Waals surface area contributed by atoms with E-state index in [9.17, 15) is 4.79 Å². The molecular formula is C22H25N3O3S. The van der Waals surface area contributed by atoms with Gasteiger partial charge in [-0.15, -0.1) is 11.3 Å². The zero-order valence-corrected chi connectivity index (χ0v) is 17.4. The summed E-state index contributed by atoms with van der Waals surface area (Å²) in [7, 11) is 0. The van der Waals surface area contributed by atoms with Gasteiger partial charge in [-0.2, -0.15) is 0 Å². The van der Waals surface area contributed by atoms with Crippen LogP contribution in [-0.2, 0) is 29.1 Å². The van der Waals surface area contributed by atoms with Crippen molar-refractivity contribution in [1.29, 1.82) is 0 Å². The summed E-state index contributed by atoms with van der Waals surface area (Å²) in [6.45, 7) is 5.33. The highest BCUT2D eigenvalue weighted by Gasteiger charge is 2.13. The van der Waals surface area contributed by atoms with E-state index in [0.717, 1.165) is 21.8 Å². The predicted molar refractivity (Wildman–Crippen MR) is 113 cm³/mol. The minimum Gasteiger partial charge on any atom is -0.473 e. The van der Waals surface area contributed by atoms with E-state index in [2.05, 4.69) is 15.3 Å². The van der Waals surface area contributed by atoms with Crippen molar-refractivity contribution in [3.8, 4) is 5.88 Å². The average Bonchev–Trinajstić information content (AvgIpc) is 3.21. The zero-order chi connectivity index (χ0) is 20.5. The molecule has 0 saturated heterocycles. The number of aromatic nitrogens is 2. The maximum Gasteiger partial charge on any atom is 0.226 e. The lowest BCUT2D eigenvalue weighted by Gasteiger charge is -2.11. The summed E-state index contributed by atoms with van der Waals surface area (Å²) < 4.78 is 11.4. The van der Waals surface area contributed by atoms with Gasteiger partial charge in [0.1, 0.15) is 17.7 Å². The quantitative estimate of drug-likeness (QED) is 0.544. The van der Waals surface area contributed by atoms with Crippen LogP contribution in [0.4, 0.5) is 0 Å². The van der Waals surface area contributed by atoms with Gasteiger partial charge in [0.25, 0.3) is 0 Å². The van der Waals surface area contributed by atoms with Gasteiger partial charge in [-0.3, -0.25) is 4.79 Å². The van der Waals surface area contributed by atoms with E-state index < -0.39 is 0 Å². The van der Waals surface area contributed by atoms with E-state index >= 15 is 0 Å². The fourth-order valence-electron chi connectivity index (χ4n) is 2.75. The van der Waals surface area contributed by atoms with E-state index in [-0.39, 0.29) is 18.4 Å². The Morgan fingerprint density at radius 3 is 2.83 bits per heavy atom. The molecule has 0 radical (unpaired) electrons. The molecule has 1 N–H and O–H groups in total. The number of rotatable bonds is 10. The highest BCUT2D eigenvalue weighted by atomic mass is 32.1. The maximum atomic E-state index is 12.3. The highest BCUT2D eigenvalue weighted by Crippen LogP contribution is 2.21. The van der Waals surface area contributed by atoms with Crippen LogP contribution < -0.4 is 10.1 Å². The standard InChI is InChI=1S/C22H25N3O3S/c1-3-27-16(2)22-25-19(15-29-22)12-20(26)24-13-18-10-7-11-23-21(18)28-14-17-8-5-4-6-9-17/h4-11,15-16H,3,12-14H2,1-2H3,(H,24,26). The average molecular weight is 412 g/mol. The number of nitrogens with zero attached hydrogens (tertiary/aromatic N) is 2. The van der Waals surface area contributed by atoms with Gasteiger partial charge in [0.15, 0.2) is 0 Å². The van der Waals surface area contributed by atoms with Crippen molar-refractivity contribution in [2.45, 2.75) is 39.5 Å². The van der Waals surface area contributed by atoms with Crippen LogP contribution in [0.25, 0.3) is 0 Å². The lowest BCUT2D eigenvalue weighted by Crippen LogP contribution is -2.25. The van der Waals surface area contributed by atoms with E-state index in [0.29, 0.717) is 25.6 Å². The van der Waals surface area contributed by atoms with Gasteiger partial charge in [-0.1, -0.05) is 36.4 Å². The third-order valence-electron chi connectivity index (χ3n) is 4.22. The van der Waals surface area contributed by atoms with Crippen LogP contribution >= 0.6 is 11.3 Å². The summed E-state index contributed by atoms with van der Waals surface area (Å²) in [5, 5.41) is 5.72. The maximum absolute atomic E-state index is 12.3. The Balaban J connectivity index is 1.52. The van der Waals surface area contributed by atoms with E-state index in [4.69, 9.17) is 9.47 Å². The summed E-state index contributed by atoms with van der Waals surface area (Å²) in [6, 6.07) is 13.6. The molecule has 0 aliphatic heterocycles. The van der Waals surface area contributed by atoms with Gasteiger partial charge in [0, 0.05) is 30.3 Å². The van der Waals surface area contributed by atoms with Crippen molar-refractivity contribution in [3.05, 3.63) is 75.9 Å². The molecule has 29 heavy (non-hydrogen) atoms. The third kappa shape index (κ3) is 6.37. The van der Waals surface area contributed by atoms with E-state index in [1.807, 2.05) is 61.7 Å². The Kier molecular flexibility index (Phi) is 7.72. The van der Waals surface area contributed by atoms with Crippen molar-refractivity contribution >= 4 is 17.2 Å². The predicted octanol–water partition coefficient (Wildman–Crippen LogP) is 4.07. The molecule has 3 rings (SSSR count). The second-order valence-corrected chi connectivity index (χ2v) is 7.36. The molecule has 0 bridgehead atoms. The molecule has 0 spiro atoms. The van der Waals surface area contributed by atoms with Crippen molar-refractivity contribution in [2.75, 3.05) is 6.61 Å². The Hall–Kier alpha value is -2.77. The largest absolute Gasteiger partial charge is 0.473 e. The minimum atomic E-state index is -0.0937. The first kappa shape index (κ1) is 21.0. The molecule has 2 heterocycles. The van der Waals surface area contributed by atoms with Crippen molar-refractivity contribution in [3.63, 3.8) is 0 Å². The number of hydrogen-bond acceptors (Lipinski definition) is 6. The first-order chi connectivity index (χ1) is 14.2. The first-order valence-corrected chi connectivity index (χ1v) is 10.5. The van der Waals surface area contributed by atoms with Crippen molar-refractivity contribution in [2.24, 2.45) is 0 Å². The Morgan fingerprint density at radius 1 is 1.21 bits per heavy atom. The van der Waals surface area contributed by atoms with Crippen LogP contribution in [0.3, 0.4) is 0 Å². The van der Waals surface area contributed by atoms with Gasteiger partial charge in [-0.05, 0) is 25.5 Å². The fourth-order valence-corrected chi connectivity index (χ4v) is 3.57.